The Labute approximate surface area is 336 Å². The maximum Gasteiger partial charge on any atom is 0.472 e. The van der Waals surface area contributed by atoms with Crippen molar-refractivity contribution < 1.29 is 47.8 Å². The Kier molecular flexibility index (Phi) is 39.9. The number of aliphatic hydroxyl groups is 2. The molecule has 3 N–H and O–H groups in total. The van der Waals surface area contributed by atoms with E-state index < -0.39 is 51.8 Å². The Morgan fingerprint density at radius 2 is 0.891 bits per heavy atom. The lowest BCUT2D eigenvalue weighted by atomic mass is 10.0. The number of allylic oxidation sites excluding steroid dienone is 2. The van der Waals surface area contributed by atoms with Crippen molar-refractivity contribution in [1.82, 2.24) is 0 Å². The monoisotopic (exact) mass is 805 g/mol. The summed E-state index contributed by atoms with van der Waals surface area (Å²) in [5.41, 5.74) is 0. The van der Waals surface area contributed by atoms with Crippen molar-refractivity contribution in [3.05, 3.63) is 12.2 Å². The number of carbonyl (C=O) groups excluding carboxylic acids is 2. The van der Waals surface area contributed by atoms with Crippen LogP contribution in [0.3, 0.4) is 0 Å². The second kappa shape index (κ2) is 40.9. The predicted molar refractivity (Wildman–Crippen MR) is 224 cm³/mol. The number of aliphatic hydroxyl groups excluding tert-OH is 2. The molecule has 1 unspecified atom stereocenters. The lowest BCUT2D eigenvalue weighted by Crippen LogP contribution is -2.29. The number of rotatable bonds is 43. The molecule has 0 saturated carbocycles. The predicted octanol–water partition coefficient (Wildman–Crippen LogP) is 12.0. The fourth-order valence-corrected chi connectivity index (χ4v) is 7.19. The van der Waals surface area contributed by atoms with Crippen molar-refractivity contribution in [3.8, 4) is 0 Å². The molecule has 0 aliphatic rings. The summed E-state index contributed by atoms with van der Waals surface area (Å²) in [5, 5.41) is 18.3. The highest BCUT2D eigenvalue weighted by atomic mass is 31.2. The molecule has 0 radical (unpaired) electrons. The average molecular weight is 805 g/mol. The van der Waals surface area contributed by atoms with E-state index in [-0.39, 0.29) is 19.4 Å². The quantitative estimate of drug-likeness (QED) is 0.0235. The van der Waals surface area contributed by atoms with Crippen LogP contribution in [0.2, 0.25) is 0 Å². The minimum absolute atomic E-state index is 0.179. The maximum absolute atomic E-state index is 12.6. The highest BCUT2D eigenvalue weighted by Crippen LogP contribution is 2.43. The van der Waals surface area contributed by atoms with Crippen LogP contribution >= 0.6 is 7.82 Å². The Hall–Kier alpha value is -1.29. The molecule has 0 fully saturated rings. The van der Waals surface area contributed by atoms with Crippen LogP contribution in [0.15, 0.2) is 12.2 Å². The van der Waals surface area contributed by atoms with Crippen LogP contribution in [0.5, 0.6) is 0 Å². The van der Waals surface area contributed by atoms with Crippen molar-refractivity contribution >= 4 is 19.8 Å². The number of unbranched alkanes of at least 4 members (excludes halogenated alkanes) is 27. The van der Waals surface area contributed by atoms with E-state index in [1.807, 2.05) is 0 Å². The van der Waals surface area contributed by atoms with Crippen molar-refractivity contribution in [2.24, 2.45) is 0 Å². The molecule has 0 amide bonds. The Balaban J connectivity index is 4.25. The molecular weight excluding hydrogens is 719 g/mol. The first-order valence-corrected chi connectivity index (χ1v) is 24.1. The van der Waals surface area contributed by atoms with Crippen LogP contribution in [0.4, 0.5) is 0 Å². The van der Waals surface area contributed by atoms with Gasteiger partial charge in [-0.25, -0.2) is 4.57 Å². The highest BCUT2D eigenvalue weighted by Gasteiger charge is 2.27. The largest absolute Gasteiger partial charge is 0.472 e. The molecule has 0 saturated heterocycles. The van der Waals surface area contributed by atoms with E-state index in [9.17, 15) is 24.2 Å². The molecule has 0 aromatic heterocycles. The number of phosphoric acid groups is 1. The summed E-state index contributed by atoms with van der Waals surface area (Å²) in [4.78, 5) is 35.0. The summed E-state index contributed by atoms with van der Waals surface area (Å²) in [6.45, 7) is 2.40. The van der Waals surface area contributed by atoms with Gasteiger partial charge in [-0.1, -0.05) is 180 Å². The van der Waals surface area contributed by atoms with E-state index in [0.29, 0.717) is 12.8 Å². The second-order valence-electron chi connectivity index (χ2n) is 15.4. The van der Waals surface area contributed by atoms with Gasteiger partial charge in [-0.3, -0.25) is 18.6 Å². The first-order chi connectivity index (χ1) is 26.7. The number of ether oxygens (including phenoxy) is 2. The molecule has 55 heavy (non-hydrogen) atoms. The minimum atomic E-state index is -4.61. The molecule has 0 rings (SSSR count). The Bertz CT molecular complexity index is 930. The number of hydrogen-bond donors (Lipinski definition) is 3. The van der Waals surface area contributed by atoms with Gasteiger partial charge in [0.15, 0.2) is 6.10 Å². The molecule has 3 atom stereocenters. The fourth-order valence-electron chi connectivity index (χ4n) is 6.40. The molecule has 0 heterocycles. The van der Waals surface area contributed by atoms with Crippen LogP contribution in [-0.2, 0) is 32.7 Å². The number of phosphoric ester groups is 1. The molecule has 326 valence electrons. The smallest absolute Gasteiger partial charge is 0.462 e. The van der Waals surface area contributed by atoms with Gasteiger partial charge in [0.25, 0.3) is 0 Å². The van der Waals surface area contributed by atoms with Gasteiger partial charge in [0.1, 0.15) is 12.7 Å². The third-order valence-electron chi connectivity index (χ3n) is 9.92. The van der Waals surface area contributed by atoms with Crippen molar-refractivity contribution in [1.29, 1.82) is 0 Å². The molecule has 10 nitrogen and oxygen atoms in total. The van der Waals surface area contributed by atoms with Crippen LogP contribution in [0, 0.1) is 0 Å². The molecule has 0 aromatic carbocycles. The van der Waals surface area contributed by atoms with E-state index in [1.54, 1.807) is 0 Å². The lowest BCUT2D eigenvalue weighted by molar-refractivity contribution is -0.161. The highest BCUT2D eigenvalue weighted by molar-refractivity contribution is 7.47. The minimum Gasteiger partial charge on any atom is -0.462 e. The fraction of sp³-hybridized carbons (Fsp3) is 0.909. The van der Waals surface area contributed by atoms with Gasteiger partial charge in [-0.15, -0.1) is 0 Å². The summed E-state index contributed by atoms with van der Waals surface area (Å²) < 4.78 is 32.7. The van der Waals surface area contributed by atoms with Gasteiger partial charge >= 0.3 is 19.8 Å². The van der Waals surface area contributed by atoms with Crippen LogP contribution < -0.4 is 0 Å². The van der Waals surface area contributed by atoms with Crippen LogP contribution in [0.1, 0.15) is 219 Å². The van der Waals surface area contributed by atoms with Gasteiger partial charge in [0, 0.05) is 12.8 Å². The number of esters is 2. The Morgan fingerprint density at radius 3 is 1.31 bits per heavy atom. The summed E-state index contributed by atoms with van der Waals surface area (Å²) in [6, 6.07) is 0. The van der Waals surface area contributed by atoms with Crippen molar-refractivity contribution in [2.75, 3.05) is 26.4 Å². The van der Waals surface area contributed by atoms with Crippen molar-refractivity contribution in [3.63, 3.8) is 0 Å². The molecule has 0 aliphatic carbocycles. The normalized spacial score (nSPS) is 13.9. The first-order valence-electron chi connectivity index (χ1n) is 22.6. The van der Waals surface area contributed by atoms with Gasteiger partial charge < -0.3 is 24.6 Å². The molecule has 0 aromatic rings. The van der Waals surface area contributed by atoms with Gasteiger partial charge in [-0.2, -0.15) is 0 Å². The zero-order valence-electron chi connectivity index (χ0n) is 35.4. The van der Waals surface area contributed by atoms with Crippen molar-refractivity contribution in [2.45, 2.75) is 232 Å². The summed E-state index contributed by atoms with van der Waals surface area (Å²) in [6.07, 6.45) is 38.9. The number of hydrogen-bond acceptors (Lipinski definition) is 9. The lowest BCUT2D eigenvalue weighted by Gasteiger charge is -2.20. The molecule has 11 heteroatoms. The molecule has 0 spiro atoms. The summed E-state index contributed by atoms with van der Waals surface area (Å²) >= 11 is 0. The van der Waals surface area contributed by atoms with E-state index in [2.05, 4.69) is 26.0 Å². The van der Waals surface area contributed by atoms with E-state index in [0.717, 1.165) is 57.8 Å². The summed E-state index contributed by atoms with van der Waals surface area (Å²) in [5.74, 6) is -0.922. The average Bonchev–Trinajstić information content (AvgIpc) is 3.17. The first kappa shape index (κ1) is 53.7. The molecule has 0 bridgehead atoms. The summed E-state index contributed by atoms with van der Waals surface area (Å²) in [7, 11) is -4.61. The Morgan fingerprint density at radius 1 is 0.527 bits per heavy atom. The number of carbonyl (C=O) groups is 2. The topological polar surface area (TPSA) is 149 Å². The molecule has 0 aliphatic heterocycles. The second-order valence-corrected chi connectivity index (χ2v) is 16.9. The SMILES string of the molecule is CCCCCCCCC/C=C\CCCCCCCC(=O)O[C@H](COC(=O)CCCCCCCCCCCCCCCCCC)COP(=O)(O)OC[C@@H](O)CO. The van der Waals surface area contributed by atoms with Gasteiger partial charge in [0.2, 0.25) is 0 Å². The van der Waals surface area contributed by atoms with Crippen LogP contribution in [0.25, 0.3) is 0 Å². The van der Waals surface area contributed by atoms with E-state index >= 15 is 0 Å². The standard InChI is InChI=1S/C44H85O10P/c1-3-5-7-9-11-13-15-17-19-21-23-25-27-29-31-33-35-43(47)51-39-42(40-53-55(49,50)52-38-41(46)37-45)54-44(48)36-34-32-30-28-26-24-22-20-18-16-14-12-10-8-6-4-2/h20,22,41-42,45-46H,3-19,21,23-40H2,1-2H3,(H,49,50)/b22-20-/t41-,42+/m0/s1. The zero-order valence-corrected chi connectivity index (χ0v) is 36.3. The third kappa shape index (κ3) is 40.7. The maximum atomic E-state index is 12.6. The van der Waals surface area contributed by atoms with Gasteiger partial charge in [-0.05, 0) is 38.5 Å². The van der Waals surface area contributed by atoms with Crippen LogP contribution in [-0.4, -0.2) is 65.7 Å². The zero-order chi connectivity index (χ0) is 40.5. The molecular formula is C44H85O10P. The third-order valence-corrected chi connectivity index (χ3v) is 10.9. The van der Waals surface area contributed by atoms with E-state index in [4.69, 9.17) is 23.6 Å². The van der Waals surface area contributed by atoms with E-state index in [1.165, 1.54) is 122 Å². The van der Waals surface area contributed by atoms with Gasteiger partial charge in [0.05, 0.1) is 19.8 Å².